The molecule has 0 bridgehead atoms. The molecule has 7 rings (SSSR count). The van der Waals surface area contributed by atoms with Crippen LogP contribution >= 0.6 is 11.3 Å². The van der Waals surface area contributed by atoms with E-state index in [9.17, 15) is 4.79 Å². The maximum atomic E-state index is 12.6. The van der Waals surface area contributed by atoms with Gasteiger partial charge in [-0.25, -0.2) is 9.97 Å². The van der Waals surface area contributed by atoms with E-state index in [0.717, 1.165) is 45.8 Å². The van der Waals surface area contributed by atoms with Gasteiger partial charge in [0.05, 0.1) is 33.8 Å². The second-order valence-electron chi connectivity index (χ2n) is 9.63. The highest BCUT2D eigenvalue weighted by Crippen LogP contribution is 2.35. The van der Waals surface area contributed by atoms with Crippen molar-refractivity contribution < 1.29 is 4.79 Å². The van der Waals surface area contributed by atoms with Crippen molar-refractivity contribution in [1.82, 2.24) is 14.4 Å². The van der Waals surface area contributed by atoms with Crippen molar-refractivity contribution in [2.75, 3.05) is 21.3 Å². The van der Waals surface area contributed by atoms with Crippen LogP contribution in [0.5, 0.6) is 0 Å². The number of aromatic nitrogens is 3. The molecule has 0 spiro atoms. The molecule has 0 aliphatic carbocycles. The molecule has 0 fully saturated rings. The minimum atomic E-state index is -0.217. The van der Waals surface area contributed by atoms with Crippen LogP contribution in [0.2, 0.25) is 0 Å². The summed E-state index contributed by atoms with van der Waals surface area (Å²) in [5.74, 6) is -0.217. The summed E-state index contributed by atoms with van der Waals surface area (Å²) in [6.07, 6.45) is 5.82. The lowest BCUT2D eigenvalue weighted by Crippen LogP contribution is -2.15. The van der Waals surface area contributed by atoms with Gasteiger partial charge in [-0.3, -0.25) is 9.20 Å². The number of rotatable bonds is 6. The highest BCUT2D eigenvalue weighted by Gasteiger charge is 2.22. The molecular weight excluding hydrogens is 518 g/mol. The Morgan fingerprint density at radius 1 is 0.850 bits per heavy atom. The Morgan fingerprint density at radius 3 is 2.38 bits per heavy atom. The van der Waals surface area contributed by atoms with Gasteiger partial charge in [0.1, 0.15) is 0 Å². The number of hydrogen-bond acceptors (Lipinski definition) is 7. The number of carbonyl (C=O) groups excluding carboxylic acids is 1. The van der Waals surface area contributed by atoms with E-state index >= 15 is 0 Å². The van der Waals surface area contributed by atoms with E-state index in [-0.39, 0.29) is 5.91 Å². The van der Waals surface area contributed by atoms with Crippen LogP contribution in [0.3, 0.4) is 0 Å². The summed E-state index contributed by atoms with van der Waals surface area (Å²) in [6, 6.07) is 27.2. The van der Waals surface area contributed by atoms with Gasteiger partial charge in [-0.15, -0.1) is 0 Å². The highest BCUT2D eigenvalue weighted by atomic mass is 32.1. The summed E-state index contributed by atoms with van der Waals surface area (Å²) in [7, 11) is 0. The van der Waals surface area contributed by atoms with Crippen molar-refractivity contribution in [1.29, 1.82) is 0 Å². The lowest BCUT2D eigenvalue weighted by atomic mass is 10.1. The second kappa shape index (κ2) is 9.87. The lowest BCUT2D eigenvalue weighted by Gasteiger charge is -2.18. The monoisotopic (exact) mass is 543 g/mol. The smallest absolute Gasteiger partial charge is 0.255 e. The maximum absolute atomic E-state index is 12.6. The number of nitrogens with one attached hydrogen (secondary N) is 2. The number of anilines is 5. The summed E-state index contributed by atoms with van der Waals surface area (Å²) in [6.45, 7) is 1.76. The average molecular weight is 544 g/mol. The predicted octanol–water partition coefficient (Wildman–Crippen LogP) is 6.56. The van der Waals surface area contributed by atoms with Crippen LogP contribution in [-0.2, 0) is 13.1 Å². The summed E-state index contributed by atoms with van der Waals surface area (Å²) >= 11 is 1.55. The van der Waals surface area contributed by atoms with Gasteiger partial charge in [-0.2, -0.15) is 0 Å². The fourth-order valence-electron chi connectivity index (χ4n) is 5.01. The number of para-hydroxylation sites is 2. The molecular formula is C31H25N7OS. The molecule has 1 aliphatic heterocycles. The van der Waals surface area contributed by atoms with Crippen molar-refractivity contribution >= 4 is 50.8 Å². The van der Waals surface area contributed by atoms with Gasteiger partial charge in [-0.1, -0.05) is 47.7 Å². The van der Waals surface area contributed by atoms with E-state index in [1.54, 1.807) is 35.6 Å². The zero-order valence-corrected chi connectivity index (χ0v) is 22.2. The maximum Gasteiger partial charge on any atom is 0.255 e. The summed E-state index contributed by atoms with van der Waals surface area (Å²) < 4.78 is 2.13. The van der Waals surface area contributed by atoms with Crippen LogP contribution in [0.1, 0.15) is 21.5 Å². The molecule has 1 aliphatic rings. The second-order valence-corrected chi connectivity index (χ2v) is 10.7. The Labute approximate surface area is 234 Å². The molecule has 3 aromatic heterocycles. The van der Waals surface area contributed by atoms with Gasteiger partial charge in [0.2, 0.25) is 0 Å². The van der Waals surface area contributed by atoms with Gasteiger partial charge in [-0.05, 0) is 59.7 Å². The number of fused-ring (bicyclic) bond motifs is 2. The van der Waals surface area contributed by atoms with E-state index in [1.807, 2.05) is 42.9 Å². The Balaban J connectivity index is 1.07. The first-order valence-electron chi connectivity index (χ1n) is 12.9. The molecule has 4 N–H and O–H groups in total. The molecule has 3 aromatic carbocycles. The van der Waals surface area contributed by atoms with Gasteiger partial charge >= 0.3 is 0 Å². The molecule has 0 unspecified atom stereocenters. The number of pyridine rings is 1. The van der Waals surface area contributed by atoms with Crippen molar-refractivity contribution in [3.05, 3.63) is 120 Å². The van der Waals surface area contributed by atoms with Crippen LogP contribution in [0, 0.1) is 0 Å². The average Bonchev–Trinajstić information content (AvgIpc) is 3.72. The third-order valence-corrected chi connectivity index (χ3v) is 8.00. The van der Waals surface area contributed by atoms with Gasteiger partial charge in [0, 0.05) is 36.7 Å². The standard InChI is InChI=1S/C31H25N7OS/c32-24-8-3-4-9-25(24)36-30(39)20-11-13-23(14-12-20)35-31-34-17-28(40-31)27-16-33-29-26(10-5-15-38(27)29)37-18-21-6-1-2-7-22(21)19-37/h1-17H,18-19,32H2,(H,34,35)(H,36,39). The first-order valence-corrected chi connectivity index (χ1v) is 13.7. The number of carbonyl (C=O) groups is 1. The number of nitrogens with zero attached hydrogens (tertiary/aromatic N) is 4. The molecule has 4 heterocycles. The van der Waals surface area contributed by atoms with E-state index < -0.39 is 0 Å². The molecule has 196 valence electrons. The molecule has 0 atom stereocenters. The molecule has 6 aromatic rings. The third-order valence-electron chi connectivity index (χ3n) is 7.06. The summed E-state index contributed by atoms with van der Waals surface area (Å²) in [5.41, 5.74) is 14.2. The number of amides is 1. The number of imidazole rings is 1. The number of nitrogens with two attached hydrogens (primary N) is 1. The van der Waals surface area contributed by atoms with Crippen molar-refractivity contribution in [2.24, 2.45) is 0 Å². The molecule has 1 amide bonds. The first kappa shape index (κ1) is 23.9. The first-order chi connectivity index (χ1) is 19.6. The van der Waals surface area contributed by atoms with E-state index in [4.69, 9.17) is 10.7 Å². The van der Waals surface area contributed by atoms with Crippen molar-refractivity contribution in [3.8, 4) is 10.6 Å². The third kappa shape index (κ3) is 4.42. The molecule has 0 radical (unpaired) electrons. The zero-order valence-electron chi connectivity index (χ0n) is 21.4. The van der Waals surface area contributed by atoms with Crippen LogP contribution in [-0.4, -0.2) is 20.3 Å². The van der Waals surface area contributed by atoms with Gasteiger partial charge < -0.3 is 21.3 Å². The van der Waals surface area contributed by atoms with Gasteiger partial charge in [0.25, 0.3) is 5.91 Å². The number of nitrogen functional groups attached to an aromatic ring is 1. The zero-order chi connectivity index (χ0) is 27.1. The largest absolute Gasteiger partial charge is 0.397 e. The number of hydrogen-bond donors (Lipinski definition) is 3. The number of thiazole rings is 1. The summed E-state index contributed by atoms with van der Waals surface area (Å²) in [5, 5.41) is 6.95. The quantitative estimate of drug-likeness (QED) is 0.206. The summed E-state index contributed by atoms with van der Waals surface area (Å²) in [4.78, 5) is 25.4. The topological polar surface area (TPSA) is 101 Å². The lowest BCUT2D eigenvalue weighted by molar-refractivity contribution is 0.102. The van der Waals surface area contributed by atoms with Crippen molar-refractivity contribution in [2.45, 2.75) is 13.1 Å². The Morgan fingerprint density at radius 2 is 1.60 bits per heavy atom. The van der Waals surface area contributed by atoms with E-state index in [1.165, 1.54) is 11.1 Å². The predicted molar refractivity (Wildman–Crippen MR) is 161 cm³/mol. The van der Waals surface area contributed by atoms with Crippen LogP contribution < -0.4 is 21.3 Å². The minimum absolute atomic E-state index is 0.217. The molecule has 9 heteroatoms. The molecule has 40 heavy (non-hydrogen) atoms. The Bertz CT molecular complexity index is 1830. The Hall–Kier alpha value is -5.15. The number of benzene rings is 3. The minimum Gasteiger partial charge on any atom is -0.397 e. The van der Waals surface area contributed by atoms with Crippen LogP contribution in [0.4, 0.5) is 27.9 Å². The fourth-order valence-corrected chi connectivity index (χ4v) is 5.86. The van der Waals surface area contributed by atoms with Crippen LogP contribution in [0.15, 0.2) is 104 Å². The SMILES string of the molecule is Nc1ccccc1NC(=O)c1ccc(Nc2ncc(-c3cnc4c(N5Cc6ccccc6C5)cccn34)s2)cc1. The van der Waals surface area contributed by atoms with Crippen molar-refractivity contribution in [3.63, 3.8) is 0 Å². The fraction of sp³-hybridized carbons (Fsp3) is 0.0645. The highest BCUT2D eigenvalue weighted by molar-refractivity contribution is 7.18. The normalized spacial score (nSPS) is 12.4. The van der Waals surface area contributed by atoms with Gasteiger partial charge in [0.15, 0.2) is 10.8 Å². The van der Waals surface area contributed by atoms with E-state index in [2.05, 4.69) is 61.3 Å². The van der Waals surface area contributed by atoms with Crippen LogP contribution in [0.25, 0.3) is 16.2 Å². The van der Waals surface area contributed by atoms with E-state index in [0.29, 0.717) is 16.9 Å². The molecule has 0 saturated carbocycles. The molecule has 0 saturated heterocycles. The molecule has 8 nitrogen and oxygen atoms in total. The Kier molecular flexibility index (Phi) is 5.90.